The molecule has 0 aromatic heterocycles. The molecular weight excluding hydrogens is 476 g/mol. The van der Waals surface area contributed by atoms with Gasteiger partial charge in [-0.25, -0.2) is 0 Å². The molecule has 4 heterocycles. The molecule has 1 unspecified atom stereocenters. The van der Waals surface area contributed by atoms with E-state index in [0.29, 0.717) is 19.5 Å². The number of esters is 1. The number of benzene rings is 1. The van der Waals surface area contributed by atoms with E-state index in [1.165, 1.54) is 11.8 Å². The maximum absolute atomic E-state index is 14.3. The molecule has 0 aliphatic carbocycles. The van der Waals surface area contributed by atoms with Crippen molar-refractivity contribution in [1.29, 1.82) is 0 Å². The summed E-state index contributed by atoms with van der Waals surface area (Å²) < 4.78 is 4.63. The second-order valence-corrected chi connectivity index (χ2v) is 11.5. The minimum Gasteiger partial charge on any atom is -0.465 e. The molecule has 0 bridgehead atoms. The van der Waals surface area contributed by atoms with Gasteiger partial charge in [-0.15, -0.1) is 11.8 Å². The van der Waals surface area contributed by atoms with Gasteiger partial charge in [0.1, 0.15) is 6.04 Å². The Morgan fingerprint density at radius 2 is 1.94 bits per heavy atom. The number of ether oxygens (including phenoxy) is 1. The summed E-state index contributed by atoms with van der Waals surface area (Å²) in [5.74, 6) is -2.16. The molecule has 8 heteroatoms. The molecule has 1 N–H and O–H groups in total. The van der Waals surface area contributed by atoms with E-state index in [1.54, 1.807) is 4.90 Å². The van der Waals surface area contributed by atoms with Crippen molar-refractivity contribution < 1.29 is 24.2 Å². The van der Waals surface area contributed by atoms with E-state index in [1.807, 2.05) is 59.5 Å². The predicted molar refractivity (Wildman–Crippen MR) is 138 cm³/mol. The van der Waals surface area contributed by atoms with Crippen molar-refractivity contribution in [1.82, 2.24) is 9.80 Å². The quantitative estimate of drug-likeness (QED) is 0.345. The lowest BCUT2D eigenvalue weighted by atomic mass is 9.78. The lowest BCUT2D eigenvalue weighted by Gasteiger charge is -2.38. The van der Waals surface area contributed by atoms with E-state index >= 15 is 0 Å². The number of likely N-dealkylation sites (tertiary alicyclic amines) is 1. The van der Waals surface area contributed by atoms with Gasteiger partial charge in [0, 0.05) is 18.3 Å². The highest BCUT2D eigenvalue weighted by molar-refractivity contribution is 8.02. The van der Waals surface area contributed by atoms with Gasteiger partial charge in [-0.05, 0) is 18.4 Å². The van der Waals surface area contributed by atoms with Gasteiger partial charge in [-0.3, -0.25) is 14.4 Å². The maximum atomic E-state index is 14.3. The fourth-order valence-corrected chi connectivity index (χ4v) is 8.20. The zero-order chi connectivity index (χ0) is 25.3. The summed E-state index contributed by atoms with van der Waals surface area (Å²) in [5.41, 5.74) is 0.767. The number of thioether (sulfide) groups is 1. The highest BCUT2D eigenvalue weighted by Crippen LogP contribution is 2.61. The third-order valence-corrected chi connectivity index (χ3v) is 9.61. The van der Waals surface area contributed by atoms with E-state index in [4.69, 9.17) is 4.74 Å². The third kappa shape index (κ3) is 4.08. The largest absolute Gasteiger partial charge is 0.465 e. The summed E-state index contributed by atoms with van der Waals surface area (Å²) in [4.78, 5) is 45.2. The van der Waals surface area contributed by atoms with E-state index in [0.717, 1.165) is 24.8 Å². The molecule has 192 valence electrons. The van der Waals surface area contributed by atoms with Crippen LogP contribution in [0.2, 0.25) is 0 Å². The Morgan fingerprint density at radius 1 is 1.14 bits per heavy atom. The normalized spacial score (nSPS) is 32.3. The van der Waals surface area contributed by atoms with Gasteiger partial charge in [-0.2, -0.15) is 0 Å². The molecule has 0 radical (unpaired) electrons. The van der Waals surface area contributed by atoms with Crippen LogP contribution in [0.5, 0.6) is 0 Å². The zero-order valence-corrected chi connectivity index (χ0v) is 21.4. The van der Waals surface area contributed by atoms with E-state index in [9.17, 15) is 19.5 Å². The van der Waals surface area contributed by atoms with Crippen LogP contribution in [0.1, 0.15) is 44.2 Å². The molecule has 7 nitrogen and oxygen atoms in total. The van der Waals surface area contributed by atoms with Crippen molar-refractivity contribution in [3.63, 3.8) is 0 Å². The number of fused-ring (bicyclic) bond motifs is 2. The van der Waals surface area contributed by atoms with Crippen LogP contribution >= 0.6 is 11.8 Å². The Morgan fingerprint density at radius 3 is 2.69 bits per heavy atom. The first-order valence-electron chi connectivity index (χ1n) is 13.0. The number of hydrogen-bond acceptors (Lipinski definition) is 6. The molecule has 0 saturated carbocycles. The summed E-state index contributed by atoms with van der Waals surface area (Å²) in [5, 5.41) is 10.3. The van der Waals surface area contributed by atoms with Crippen molar-refractivity contribution in [2.75, 3.05) is 26.3 Å². The lowest BCUT2D eigenvalue weighted by molar-refractivity contribution is -0.153. The molecule has 2 amide bonds. The van der Waals surface area contributed by atoms with Crippen LogP contribution in [0.25, 0.3) is 0 Å². The van der Waals surface area contributed by atoms with Crippen LogP contribution in [0.3, 0.4) is 0 Å². The number of carbonyl (C=O) groups excluding carboxylic acids is 3. The average Bonchev–Trinajstić information content (AvgIpc) is 3.26. The van der Waals surface area contributed by atoms with Crippen molar-refractivity contribution in [2.45, 2.75) is 54.7 Å². The molecule has 2 saturated heterocycles. The number of aliphatic hydroxyl groups is 1. The summed E-state index contributed by atoms with van der Waals surface area (Å²) in [6, 6.07) is 7.85. The summed E-state index contributed by atoms with van der Waals surface area (Å²) in [6.45, 7) is 3.19. The fraction of sp³-hybridized carbons (Fsp3) is 0.536. The van der Waals surface area contributed by atoms with Gasteiger partial charge >= 0.3 is 5.97 Å². The number of cyclic esters (lactones) is 1. The van der Waals surface area contributed by atoms with Crippen molar-refractivity contribution in [3.05, 3.63) is 60.2 Å². The predicted octanol–water partition coefficient (Wildman–Crippen LogP) is 3.11. The highest BCUT2D eigenvalue weighted by atomic mass is 32.2. The molecule has 1 spiro atoms. The van der Waals surface area contributed by atoms with Crippen LogP contribution in [0.15, 0.2) is 54.6 Å². The van der Waals surface area contributed by atoms with Gasteiger partial charge in [-0.1, -0.05) is 74.4 Å². The second-order valence-electron chi connectivity index (χ2n) is 9.97. The summed E-state index contributed by atoms with van der Waals surface area (Å²) in [7, 11) is 0. The Hall–Kier alpha value is -2.58. The minimum absolute atomic E-state index is 0.111. The molecule has 2 fully saturated rings. The molecule has 4 aliphatic heterocycles. The van der Waals surface area contributed by atoms with Gasteiger partial charge in [0.15, 0.2) is 0 Å². The first-order valence-corrected chi connectivity index (χ1v) is 13.9. The first-order chi connectivity index (χ1) is 17.5. The van der Waals surface area contributed by atoms with Crippen LogP contribution in [-0.4, -0.2) is 75.0 Å². The monoisotopic (exact) mass is 510 g/mol. The van der Waals surface area contributed by atoms with E-state index in [2.05, 4.69) is 6.92 Å². The SMILES string of the molecule is CCCCCN1CC=C[C@]23S[C@H]4C=CCCOC(=O)[C@H]4[C@H]2C(=O)N([C@H](CO)c2ccccc2)C3C1=O. The van der Waals surface area contributed by atoms with Crippen LogP contribution < -0.4 is 0 Å². The molecule has 1 aromatic carbocycles. The number of rotatable bonds is 7. The molecule has 5 rings (SSSR count). The van der Waals surface area contributed by atoms with Gasteiger partial charge < -0.3 is 19.6 Å². The average molecular weight is 511 g/mol. The standard InChI is InChI=1S/C28H34N2O5S/c1-2-3-8-15-29-16-10-14-28-23(22-21(36-28)13-7-9-17-35-27(22)34)25(32)30(24(28)26(29)33)20(18-31)19-11-5-4-6-12-19/h4-7,10-14,20-24,31H,2-3,8-9,15-18H2,1H3/t20-,21+,22-,23+,24?,28+/m1/s1. The first kappa shape index (κ1) is 25.1. The number of nitrogens with zero attached hydrogens (tertiary/aromatic N) is 2. The third-order valence-electron chi connectivity index (χ3n) is 7.87. The Kier molecular flexibility index (Phi) is 7.26. The topological polar surface area (TPSA) is 87.2 Å². The Labute approximate surface area is 216 Å². The van der Waals surface area contributed by atoms with Crippen molar-refractivity contribution >= 4 is 29.5 Å². The highest BCUT2D eigenvalue weighted by Gasteiger charge is 2.71. The van der Waals surface area contributed by atoms with Crippen LogP contribution in [0.4, 0.5) is 0 Å². The van der Waals surface area contributed by atoms with Crippen LogP contribution in [0, 0.1) is 11.8 Å². The minimum atomic E-state index is -0.904. The smallest absolute Gasteiger partial charge is 0.311 e. The number of carbonyl (C=O) groups is 3. The lowest BCUT2D eigenvalue weighted by Crippen LogP contribution is -2.54. The van der Waals surface area contributed by atoms with Crippen LogP contribution in [-0.2, 0) is 19.1 Å². The molecule has 4 aliphatic rings. The van der Waals surface area contributed by atoms with Gasteiger partial charge in [0.2, 0.25) is 11.8 Å². The number of hydrogen-bond donors (Lipinski definition) is 1. The number of aliphatic hydroxyl groups excluding tert-OH is 1. The van der Waals surface area contributed by atoms with E-state index < -0.39 is 28.7 Å². The Bertz CT molecular complexity index is 1060. The van der Waals surface area contributed by atoms with Gasteiger partial charge in [0.25, 0.3) is 0 Å². The van der Waals surface area contributed by atoms with Crippen molar-refractivity contribution in [2.24, 2.45) is 11.8 Å². The molecule has 6 atom stereocenters. The summed E-state index contributed by atoms with van der Waals surface area (Å²) >= 11 is 1.53. The Balaban J connectivity index is 1.62. The summed E-state index contributed by atoms with van der Waals surface area (Å²) in [6.07, 6.45) is 11.6. The zero-order valence-electron chi connectivity index (χ0n) is 20.6. The number of amides is 2. The molecule has 36 heavy (non-hydrogen) atoms. The molecular formula is C28H34N2O5S. The fourth-order valence-electron chi connectivity index (χ4n) is 6.21. The maximum Gasteiger partial charge on any atom is 0.311 e. The number of unbranched alkanes of at least 4 members (excludes halogenated alkanes) is 2. The molecule has 1 aromatic rings. The second kappa shape index (κ2) is 10.4. The van der Waals surface area contributed by atoms with Crippen molar-refractivity contribution in [3.8, 4) is 0 Å². The van der Waals surface area contributed by atoms with E-state index in [-0.39, 0.29) is 36.2 Å². The van der Waals surface area contributed by atoms with Gasteiger partial charge in [0.05, 0.1) is 35.8 Å².